The second-order valence-corrected chi connectivity index (χ2v) is 4.58. The molecule has 1 aromatic carbocycles. The van der Waals surface area contributed by atoms with Gasteiger partial charge < -0.3 is 11.1 Å². The summed E-state index contributed by atoms with van der Waals surface area (Å²) >= 11 is 9.44. The largest absolute Gasteiger partial charge is 0.329 e. The smallest absolute Gasteiger partial charge is 0.0451 e. The van der Waals surface area contributed by atoms with Gasteiger partial charge in [-0.05, 0) is 30.7 Å². The number of rotatable bonds is 4. The fourth-order valence-corrected chi connectivity index (χ4v) is 1.64. The molecular formula is C10H14BrClN2. The van der Waals surface area contributed by atoms with E-state index in [1.807, 2.05) is 25.1 Å². The van der Waals surface area contributed by atoms with Crippen LogP contribution < -0.4 is 11.1 Å². The molecule has 1 aromatic rings. The van der Waals surface area contributed by atoms with Gasteiger partial charge in [0.05, 0.1) is 0 Å². The molecule has 0 fully saturated rings. The molecule has 0 aliphatic rings. The zero-order valence-corrected chi connectivity index (χ0v) is 10.4. The number of nitrogens with one attached hydrogen (secondary N) is 1. The summed E-state index contributed by atoms with van der Waals surface area (Å²) in [4.78, 5) is 0. The maximum atomic E-state index is 6.03. The van der Waals surface area contributed by atoms with Crippen LogP contribution >= 0.6 is 27.5 Å². The quantitative estimate of drug-likeness (QED) is 0.887. The molecule has 0 spiro atoms. The molecule has 0 aromatic heterocycles. The van der Waals surface area contributed by atoms with Gasteiger partial charge in [0.2, 0.25) is 0 Å². The highest BCUT2D eigenvalue weighted by molar-refractivity contribution is 9.10. The standard InChI is InChI=1S/C10H14BrClN2/c1-7(5-13)14-6-8-4-9(11)2-3-10(8)12/h2-4,7,14H,5-6,13H2,1H3/t7-/m1/s1. The van der Waals surface area contributed by atoms with Crippen LogP contribution in [0.25, 0.3) is 0 Å². The van der Waals surface area contributed by atoms with Gasteiger partial charge in [-0.25, -0.2) is 0 Å². The SMILES string of the molecule is C[C@H](CN)NCc1cc(Br)ccc1Cl. The van der Waals surface area contributed by atoms with Gasteiger partial charge in [-0.2, -0.15) is 0 Å². The summed E-state index contributed by atoms with van der Waals surface area (Å²) in [5, 5.41) is 4.07. The van der Waals surface area contributed by atoms with Crippen LogP contribution in [0.5, 0.6) is 0 Å². The number of nitrogens with two attached hydrogens (primary N) is 1. The van der Waals surface area contributed by atoms with Crippen LogP contribution in [0.1, 0.15) is 12.5 Å². The lowest BCUT2D eigenvalue weighted by Crippen LogP contribution is -2.32. The summed E-state index contributed by atoms with van der Waals surface area (Å²) in [6.07, 6.45) is 0. The van der Waals surface area contributed by atoms with Crippen molar-refractivity contribution in [3.8, 4) is 0 Å². The van der Waals surface area contributed by atoms with Crippen molar-refractivity contribution in [3.63, 3.8) is 0 Å². The molecule has 0 radical (unpaired) electrons. The molecule has 0 aliphatic heterocycles. The molecule has 0 amide bonds. The second kappa shape index (κ2) is 5.71. The molecule has 0 saturated carbocycles. The van der Waals surface area contributed by atoms with Crippen LogP contribution in [0, 0.1) is 0 Å². The minimum atomic E-state index is 0.310. The van der Waals surface area contributed by atoms with E-state index in [2.05, 4.69) is 21.2 Å². The van der Waals surface area contributed by atoms with Gasteiger partial charge in [-0.1, -0.05) is 27.5 Å². The molecule has 4 heteroatoms. The Morgan fingerprint density at radius 3 is 2.93 bits per heavy atom. The minimum absolute atomic E-state index is 0.310. The highest BCUT2D eigenvalue weighted by atomic mass is 79.9. The van der Waals surface area contributed by atoms with Crippen molar-refractivity contribution in [1.29, 1.82) is 0 Å². The average molecular weight is 278 g/mol. The first kappa shape index (κ1) is 12.0. The van der Waals surface area contributed by atoms with Crippen LogP contribution in [-0.4, -0.2) is 12.6 Å². The molecule has 3 N–H and O–H groups in total. The Morgan fingerprint density at radius 1 is 1.57 bits per heavy atom. The maximum Gasteiger partial charge on any atom is 0.0451 e. The van der Waals surface area contributed by atoms with Crippen molar-refractivity contribution in [2.45, 2.75) is 19.5 Å². The van der Waals surface area contributed by atoms with E-state index in [0.717, 1.165) is 21.6 Å². The van der Waals surface area contributed by atoms with Crippen molar-refractivity contribution < 1.29 is 0 Å². The topological polar surface area (TPSA) is 38.0 Å². The number of benzene rings is 1. The lowest BCUT2D eigenvalue weighted by atomic mass is 10.2. The Balaban J connectivity index is 2.62. The van der Waals surface area contributed by atoms with Crippen LogP contribution in [-0.2, 0) is 6.54 Å². The lowest BCUT2D eigenvalue weighted by Gasteiger charge is -2.12. The van der Waals surface area contributed by atoms with Crippen LogP contribution in [0.3, 0.4) is 0 Å². The average Bonchev–Trinajstić information content (AvgIpc) is 2.19. The molecule has 0 unspecified atom stereocenters. The van der Waals surface area contributed by atoms with E-state index in [0.29, 0.717) is 12.6 Å². The predicted molar refractivity (Wildman–Crippen MR) is 64.5 cm³/mol. The summed E-state index contributed by atoms with van der Waals surface area (Å²) in [7, 11) is 0. The third-order valence-corrected chi connectivity index (χ3v) is 2.86. The second-order valence-electron chi connectivity index (χ2n) is 3.25. The van der Waals surface area contributed by atoms with E-state index in [1.165, 1.54) is 0 Å². The summed E-state index contributed by atoms with van der Waals surface area (Å²) in [5.74, 6) is 0. The number of hydrogen-bond donors (Lipinski definition) is 2. The van der Waals surface area contributed by atoms with Gasteiger partial charge in [0.25, 0.3) is 0 Å². The Hall–Kier alpha value is -0.0900. The highest BCUT2D eigenvalue weighted by Crippen LogP contribution is 2.20. The van der Waals surface area contributed by atoms with Crippen LogP contribution in [0.2, 0.25) is 5.02 Å². The van der Waals surface area contributed by atoms with Gasteiger partial charge >= 0.3 is 0 Å². The first-order valence-corrected chi connectivity index (χ1v) is 5.68. The molecule has 2 nitrogen and oxygen atoms in total. The summed E-state index contributed by atoms with van der Waals surface area (Å²) in [6.45, 7) is 3.42. The van der Waals surface area contributed by atoms with Crippen molar-refractivity contribution in [1.82, 2.24) is 5.32 Å². The first-order chi connectivity index (χ1) is 6.63. The van der Waals surface area contributed by atoms with Crippen molar-refractivity contribution in [2.75, 3.05) is 6.54 Å². The molecule has 1 atom stereocenters. The maximum absolute atomic E-state index is 6.03. The monoisotopic (exact) mass is 276 g/mol. The van der Waals surface area contributed by atoms with Crippen LogP contribution in [0.4, 0.5) is 0 Å². The molecule has 0 aliphatic carbocycles. The van der Waals surface area contributed by atoms with Crippen molar-refractivity contribution in [2.24, 2.45) is 5.73 Å². The number of halogens is 2. The van der Waals surface area contributed by atoms with E-state index in [9.17, 15) is 0 Å². The van der Waals surface area contributed by atoms with E-state index in [-0.39, 0.29) is 0 Å². The molecule has 14 heavy (non-hydrogen) atoms. The van der Waals surface area contributed by atoms with E-state index >= 15 is 0 Å². The summed E-state index contributed by atoms with van der Waals surface area (Å²) in [5.41, 5.74) is 6.58. The molecule has 1 rings (SSSR count). The molecule has 78 valence electrons. The third kappa shape index (κ3) is 3.58. The predicted octanol–water partition coefficient (Wildman–Crippen LogP) is 2.54. The van der Waals surface area contributed by atoms with E-state index in [4.69, 9.17) is 17.3 Å². The Kier molecular flexibility index (Phi) is 4.89. The zero-order chi connectivity index (χ0) is 10.6. The Bertz CT molecular complexity index is 304. The molecular weight excluding hydrogens is 263 g/mol. The van der Waals surface area contributed by atoms with Crippen molar-refractivity contribution in [3.05, 3.63) is 33.3 Å². The highest BCUT2D eigenvalue weighted by Gasteiger charge is 2.03. The molecule has 0 saturated heterocycles. The fraction of sp³-hybridized carbons (Fsp3) is 0.400. The lowest BCUT2D eigenvalue weighted by molar-refractivity contribution is 0.556. The van der Waals surface area contributed by atoms with Gasteiger partial charge in [0.15, 0.2) is 0 Å². The van der Waals surface area contributed by atoms with Gasteiger partial charge in [0.1, 0.15) is 0 Å². The van der Waals surface area contributed by atoms with Gasteiger partial charge in [-0.3, -0.25) is 0 Å². The Labute approximate surface area is 98.0 Å². The summed E-state index contributed by atoms with van der Waals surface area (Å²) in [6, 6.07) is 6.14. The Morgan fingerprint density at radius 2 is 2.29 bits per heavy atom. The normalized spacial score (nSPS) is 12.9. The first-order valence-electron chi connectivity index (χ1n) is 4.51. The van der Waals surface area contributed by atoms with Gasteiger partial charge in [0, 0.05) is 28.6 Å². The van der Waals surface area contributed by atoms with Gasteiger partial charge in [-0.15, -0.1) is 0 Å². The third-order valence-electron chi connectivity index (χ3n) is 2.00. The fourth-order valence-electron chi connectivity index (χ4n) is 1.05. The van der Waals surface area contributed by atoms with E-state index in [1.54, 1.807) is 0 Å². The summed E-state index contributed by atoms with van der Waals surface area (Å²) < 4.78 is 1.04. The van der Waals surface area contributed by atoms with Crippen LogP contribution in [0.15, 0.2) is 22.7 Å². The minimum Gasteiger partial charge on any atom is -0.329 e. The zero-order valence-electron chi connectivity index (χ0n) is 8.06. The molecule has 0 heterocycles. The number of hydrogen-bond acceptors (Lipinski definition) is 2. The van der Waals surface area contributed by atoms with Crippen molar-refractivity contribution >= 4 is 27.5 Å². The molecule has 0 bridgehead atoms. The van der Waals surface area contributed by atoms with E-state index < -0.39 is 0 Å².